The van der Waals surface area contributed by atoms with Crippen LogP contribution in [-0.2, 0) is 13.6 Å². The highest BCUT2D eigenvalue weighted by Gasteiger charge is 2.21. The van der Waals surface area contributed by atoms with Crippen LogP contribution >= 0.6 is 0 Å². The van der Waals surface area contributed by atoms with E-state index in [9.17, 15) is 9.59 Å². The van der Waals surface area contributed by atoms with Crippen molar-refractivity contribution in [3.05, 3.63) is 56.7 Å². The van der Waals surface area contributed by atoms with Crippen molar-refractivity contribution in [3.63, 3.8) is 0 Å². The van der Waals surface area contributed by atoms with Crippen molar-refractivity contribution in [1.29, 1.82) is 0 Å². The number of anilines is 1. The summed E-state index contributed by atoms with van der Waals surface area (Å²) in [6, 6.07) is 9.68. The second kappa shape index (κ2) is 4.42. The molecular formula is C14H12N6O2. The summed E-state index contributed by atoms with van der Waals surface area (Å²) in [5.41, 5.74) is 4.35. The fourth-order valence-electron chi connectivity index (χ4n) is 2.56. The van der Waals surface area contributed by atoms with Gasteiger partial charge in [0.2, 0.25) is 5.95 Å². The van der Waals surface area contributed by atoms with Gasteiger partial charge in [0.05, 0.1) is 12.3 Å². The molecule has 0 unspecified atom stereocenters. The Labute approximate surface area is 123 Å². The molecule has 0 fully saturated rings. The number of benzene rings is 1. The molecule has 1 aromatic carbocycles. The summed E-state index contributed by atoms with van der Waals surface area (Å²) < 4.78 is 3.04. The number of hydrogen-bond acceptors (Lipinski definition) is 5. The molecule has 3 aromatic rings. The van der Waals surface area contributed by atoms with Crippen LogP contribution in [0.1, 0.15) is 5.56 Å². The molecule has 0 aliphatic carbocycles. The molecule has 22 heavy (non-hydrogen) atoms. The number of H-pyrrole nitrogens is 1. The van der Waals surface area contributed by atoms with Gasteiger partial charge in [0, 0.05) is 7.05 Å². The zero-order chi connectivity index (χ0) is 15.3. The number of imidazole rings is 1. The Bertz CT molecular complexity index is 1030. The van der Waals surface area contributed by atoms with E-state index >= 15 is 0 Å². The van der Waals surface area contributed by atoms with E-state index in [2.05, 4.69) is 20.5 Å². The molecule has 110 valence electrons. The minimum atomic E-state index is -0.489. The van der Waals surface area contributed by atoms with Crippen LogP contribution in [0.5, 0.6) is 0 Å². The first-order valence-corrected chi connectivity index (χ1v) is 6.72. The number of aromatic amines is 1. The maximum atomic E-state index is 12.1. The second-order valence-corrected chi connectivity index (χ2v) is 5.05. The summed E-state index contributed by atoms with van der Waals surface area (Å²) in [6.07, 6.45) is 0. The zero-order valence-electron chi connectivity index (χ0n) is 11.7. The van der Waals surface area contributed by atoms with Crippen LogP contribution in [0.4, 0.5) is 5.95 Å². The van der Waals surface area contributed by atoms with Crippen LogP contribution in [0.3, 0.4) is 0 Å². The predicted molar refractivity (Wildman–Crippen MR) is 82.2 cm³/mol. The van der Waals surface area contributed by atoms with E-state index in [1.54, 1.807) is 11.6 Å². The quantitative estimate of drug-likeness (QED) is 0.673. The first-order chi connectivity index (χ1) is 10.6. The SMILES string of the molecule is Cn1c(=O)[nH]c(=O)c2c1nc1n2CC(c2ccccc2)=NN1. The molecule has 4 rings (SSSR count). The maximum Gasteiger partial charge on any atom is 0.329 e. The van der Waals surface area contributed by atoms with Gasteiger partial charge in [-0.3, -0.25) is 18.9 Å². The van der Waals surface area contributed by atoms with Crippen LogP contribution in [-0.4, -0.2) is 24.8 Å². The van der Waals surface area contributed by atoms with E-state index in [0.717, 1.165) is 11.3 Å². The van der Waals surface area contributed by atoms with E-state index < -0.39 is 11.2 Å². The minimum absolute atomic E-state index is 0.334. The van der Waals surface area contributed by atoms with Gasteiger partial charge in [0.15, 0.2) is 11.2 Å². The largest absolute Gasteiger partial charge is 0.329 e. The number of aryl methyl sites for hydroxylation is 1. The van der Waals surface area contributed by atoms with E-state index in [-0.39, 0.29) is 0 Å². The van der Waals surface area contributed by atoms with Crippen molar-refractivity contribution in [3.8, 4) is 0 Å². The third kappa shape index (κ3) is 1.70. The van der Waals surface area contributed by atoms with E-state index in [1.807, 2.05) is 30.3 Å². The number of hydrogen-bond donors (Lipinski definition) is 2. The fraction of sp³-hybridized carbons (Fsp3) is 0.143. The van der Waals surface area contributed by atoms with E-state index in [0.29, 0.717) is 23.7 Å². The molecule has 0 saturated heterocycles. The van der Waals surface area contributed by atoms with Gasteiger partial charge in [-0.2, -0.15) is 10.1 Å². The molecule has 2 N–H and O–H groups in total. The first-order valence-electron chi connectivity index (χ1n) is 6.72. The van der Waals surface area contributed by atoms with Crippen molar-refractivity contribution in [2.24, 2.45) is 12.1 Å². The molecule has 8 heteroatoms. The van der Waals surface area contributed by atoms with Gasteiger partial charge >= 0.3 is 5.69 Å². The van der Waals surface area contributed by atoms with Gasteiger partial charge in [-0.25, -0.2) is 10.2 Å². The smallest absolute Gasteiger partial charge is 0.297 e. The third-order valence-electron chi connectivity index (χ3n) is 3.71. The summed E-state index contributed by atoms with van der Waals surface area (Å²) in [5, 5.41) is 4.30. The van der Waals surface area contributed by atoms with Crippen LogP contribution in [0.2, 0.25) is 0 Å². The van der Waals surface area contributed by atoms with Gasteiger partial charge in [-0.05, 0) is 5.56 Å². The highest BCUT2D eigenvalue weighted by Crippen LogP contribution is 2.20. The van der Waals surface area contributed by atoms with Gasteiger partial charge in [0.1, 0.15) is 0 Å². The third-order valence-corrected chi connectivity index (χ3v) is 3.71. The molecular weight excluding hydrogens is 284 g/mol. The van der Waals surface area contributed by atoms with Gasteiger partial charge in [-0.15, -0.1) is 0 Å². The van der Waals surface area contributed by atoms with Crippen LogP contribution in [0.15, 0.2) is 45.0 Å². The molecule has 8 nitrogen and oxygen atoms in total. The minimum Gasteiger partial charge on any atom is -0.297 e. The Kier molecular flexibility index (Phi) is 2.52. The number of hydrazone groups is 1. The molecule has 3 heterocycles. The fourth-order valence-corrected chi connectivity index (χ4v) is 2.56. The Morgan fingerprint density at radius 1 is 1.18 bits per heavy atom. The second-order valence-electron chi connectivity index (χ2n) is 5.05. The number of nitrogens with zero attached hydrogens (tertiary/aromatic N) is 4. The molecule has 2 aromatic heterocycles. The monoisotopic (exact) mass is 296 g/mol. The molecule has 0 atom stereocenters. The van der Waals surface area contributed by atoms with Gasteiger partial charge in [0.25, 0.3) is 5.56 Å². The van der Waals surface area contributed by atoms with Crippen molar-refractivity contribution < 1.29 is 0 Å². The molecule has 1 aliphatic heterocycles. The number of aromatic nitrogens is 4. The predicted octanol–water partition coefficient (Wildman–Crippen LogP) is 0.253. The number of nitrogens with one attached hydrogen (secondary N) is 2. The highest BCUT2D eigenvalue weighted by molar-refractivity contribution is 6.02. The lowest BCUT2D eigenvalue weighted by molar-refractivity contribution is 0.821. The Morgan fingerprint density at radius 3 is 2.73 bits per heavy atom. The lowest BCUT2D eigenvalue weighted by Crippen LogP contribution is -2.30. The summed E-state index contributed by atoms with van der Waals surface area (Å²) in [6.45, 7) is 0.407. The average Bonchev–Trinajstić information content (AvgIpc) is 2.92. The Hall–Kier alpha value is -3.16. The lowest BCUT2D eigenvalue weighted by Gasteiger charge is -2.16. The highest BCUT2D eigenvalue weighted by atomic mass is 16.2. The topological polar surface area (TPSA) is 97.1 Å². The number of fused-ring (bicyclic) bond motifs is 3. The maximum absolute atomic E-state index is 12.1. The van der Waals surface area contributed by atoms with Gasteiger partial charge < -0.3 is 0 Å². The summed E-state index contributed by atoms with van der Waals surface area (Å²) in [5.74, 6) is 0.446. The molecule has 0 radical (unpaired) electrons. The molecule has 1 aliphatic rings. The molecule has 0 spiro atoms. The van der Waals surface area contributed by atoms with Crippen LogP contribution in [0, 0.1) is 0 Å². The summed E-state index contributed by atoms with van der Waals surface area (Å²) >= 11 is 0. The Balaban J connectivity index is 1.91. The van der Waals surface area contributed by atoms with Crippen LogP contribution < -0.4 is 16.7 Å². The van der Waals surface area contributed by atoms with Crippen molar-refractivity contribution in [2.75, 3.05) is 5.43 Å². The Morgan fingerprint density at radius 2 is 1.95 bits per heavy atom. The van der Waals surface area contributed by atoms with Crippen molar-refractivity contribution in [2.45, 2.75) is 6.54 Å². The molecule has 0 saturated carbocycles. The number of rotatable bonds is 1. The molecule has 0 bridgehead atoms. The van der Waals surface area contributed by atoms with E-state index in [4.69, 9.17) is 0 Å². The van der Waals surface area contributed by atoms with Crippen molar-refractivity contribution in [1.82, 2.24) is 19.1 Å². The summed E-state index contributed by atoms with van der Waals surface area (Å²) in [7, 11) is 1.57. The van der Waals surface area contributed by atoms with Gasteiger partial charge in [-0.1, -0.05) is 30.3 Å². The average molecular weight is 296 g/mol. The standard InChI is InChI=1S/C14H12N6O2/c1-19-11-10(12(21)16-14(19)22)20-7-9(17-18-13(20)15-11)8-5-3-2-4-6-8/h2-6H,7H2,1H3,(H,15,18)(H,16,21,22). The van der Waals surface area contributed by atoms with Crippen LogP contribution in [0.25, 0.3) is 11.2 Å². The summed E-state index contributed by atoms with van der Waals surface area (Å²) in [4.78, 5) is 30.4. The normalized spacial score (nSPS) is 13.6. The van der Waals surface area contributed by atoms with Crippen molar-refractivity contribution >= 4 is 22.8 Å². The lowest BCUT2D eigenvalue weighted by atomic mass is 10.1. The molecule has 0 amide bonds. The van der Waals surface area contributed by atoms with E-state index in [1.165, 1.54) is 4.57 Å². The zero-order valence-corrected chi connectivity index (χ0v) is 11.7. The first kappa shape index (κ1) is 12.6.